The van der Waals surface area contributed by atoms with E-state index in [1.54, 1.807) is 18.3 Å². The molecule has 0 radical (unpaired) electrons. The van der Waals surface area contributed by atoms with Gasteiger partial charge in [0.25, 0.3) is 5.91 Å². The molecule has 0 unspecified atom stereocenters. The molecule has 0 saturated carbocycles. The van der Waals surface area contributed by atoms with Crippen LogP contribution in [-0.4, -0.2) is 54.5 Å². The third-order valence-corrected chi connectivity index (χ3v) is 4.45. The van der Waals surface area contributed by atoms with Gasteiger partial charge in [0.15, 0.2) is 6.29 Å². The van der Waals surface area contributed by atoms with Gasteiger partial charge < -0.3 is 19.5 Å². The summed E-state index contributed by atoms with van der Waals surface area (Å²) in [4.78, 5) is 16.6. The lowest BCUT2D eigenvalue weighted by Gasteiger charge is -2.18. The Hall–Kier alpha value is -1.31. The highest BCUT2D eigenvalue weighted by molar-refractivity contribution is 7.99. The van der Waals surface area contributed by atoms with Crippen molar-refractivity contribution in [3.8, 4) is 5.88 Å². The quantitative estimate of drug-likeness (QED) is 0.694. The number of nitrogens with one attached hydrogen (secondary N) is 1. The molecule has 1 saturated heterocycles. The van der Waals surface area contributed by atoms with E-state index < -0.39 is 6.29 Å². The van der Waals surface area contributed by atoms with E-state index in [2.05, 4.69) is 10.3 Å². The van der Waals surface area contributed by atoms with E-state index in [0.29, 0.717) is 24.7 Å². The van der Waals surface area contributed by atoms with Crippen molar-refractivity contribution in [3.05, 3.63) is 23.9 Å². The van der Waals surface area contributed by atoms with Gasteiger partial charge in [0.05, 0.1) is 6.54 Å². The summed E-state index contributed by atoms with van der Waals surface area (Å²) in [5.41, 5.74) is 0.441. The van der Waals surface area contributed by atoms with Crippen molar-refractivity contribution in [3.63, 3.8) is 0 Å². The predicted molar refractivity (Wildman–Crippen MR) is 90.0 cm³/mol. The van der Waals surface area contributed by atoms with Gasteiger partial charge in [0, 0.05) is 25.2 Å². The molecule has 2 heterocycles. The molecule has 1 fully saturated rings. The highest BCUT2D eigenvalue weighted by Crippen LogP contribution is 2.24. The molecular weight excluding hydrogens is 316 g/mol. The van der Waals surface area contributed by atoms with Gasteiger partial charge in [-0.3, -0.25) is 4.79 Å². The molecule has 0 aromatic carbocycles. The first-order valence-corrected chi connectivity index (χ1v) is 9.10. The molecule has 128 valence electrons. The smallest absolute Gasteiger partial charge is 0.256 e. The summed E-state index contributed by atoms with van der Waals surface area (Å²) in [6.45, 7) is 5.12. The Morgan fingerprint density at radius 1 is 1.43 bits per heavy atom. The number of pyridine rings is 1. The van der Waals surface area contributed by atoms with Crippen molar-refractivity contribution in [1.29, 1.82) is 0 Å². The van der Waals surface area contributed by atoms with Crippen LogP contribution in [0.4, 0.5) is 0 Å². The van der Waals surface area contributed by atoms with Gasteiger partial charge >= 0.3 is 0 Å². The second-order valence-electron chi connectivity index (χ2n) is 5.01. The highest BCUT2D eigenvalue weighted by atomic mass is 32.2. The van der Waals surface area contributed by atoms with Crippen LogP contribution in [0.25, 0.3) is 0 Å². The van der Waals surface area contributed by atoms with E-state index in [-0.39, 0.29) is 18.6 Å². The number of ether oxygens (including phenoxy) is 3. The number of carbonyl (C=O) groups is 1. The van der Waals surface area contributed by atoms with E-state index in [4.69, 9.17) is 14.2 Å². The zero-order valence-corrected chi connectivity index (χ0v) is 14.4. The molecule has 1 amide bonds. The molecule has 0 aliphatic carbocycles. The van der Waals surface area contributed by atoms with Gasteiger partial charge in [-0.15, -0.1) is 0 Å². The maximum atomic E-state index is 12.4. The third-order valence-electron chi connectivity index (χ3n) is 3.32. The van der Waals surface area contributed by atoms with Crippen molar-refractivity contribution in [2.45, 2.75) is 32.7 Å². The lowest BCUT2D eigenvalue weighted by Crippen LogP contribution is -2.35. The van der Waals surface area contributed by atoms with E-state index in [9.17, 15) is 4.79 Å². The van der Waals surface area contributed by atoms with Crippen molar-refractivity contribution in [1.82, 2.24) is 10.3 Å². The Morgan fingerprint density at radius 2 is 2.22 bits per heavy atom. The molecule has 1 aromatic rings. The third kappa shape index (κ3) is 5.67. The normalized spacial score (nSPS) is 17.4. The lowest BCUT2D eigenvalue weighted by atomic mass is 10.2. The van der Waals surface area contributed by atoms with E-state index >= 15 is 0 Å². The summed E-state index contributed by atoms with van der Waals surface area (Å²) >= 11 is 1.85. The first-order chi connectivity index (χ1) is 11.2. The minimum Gasteiger partial charge on any atom is -0.473 e. The van der Waals surface area contributed by atoms with E-state index in [1.165, 1.54) is 0 Å². The summed E-state index contributed by atoms with van der Waals surface area (Å²) in [5, 5.41) is 2.82. The maximum Gasteiger partial charge on any atom is 0.256 e. The van der Waals surface area contributed by atoms with Gasteiger partial charge in [-0.1, -0.05) is 0 Å². The minimum absolute atomic E-state index is 0.126. The van der Waals surface area contributed by atoms with Gasteiger partial charge in [0.1, 0.15) is 11.7 Å². The predicted octanol–water partition coefficient (Wildman–Crippen LogP) is 2.09. The summed E-state index contributed by atoms with van der Waals surface area (Å²) in [5.74, 6) is 2.18. The molecule has 1 atom stereocenters. The van der Waals surface area contributed by atoms with Crippen LogP contribution >= 0.6 is 11.8 Å². The second-order valence-corrected chi connectivity index (χ2v) is 6.16. The lowest BCUT2D eigenvalue weighted by molar-refractivity contribution is -0.131. The molecule has 7 heteroatoms. The summed E-state index contributed by atoms with van der Waals surface area (Å²) in [7, 11) is 0. The Balaban J connectivity index is 1.95. The topological polar surface area (TPSA) is 69.7 Å². The summed E-state index contributed by atoms with van der Waals surface area (Å²) in [6, 6.07) is 3.45. The largest absolute Gasteiger partial charge is 0.473 e. The van der Waals surface area contributed by atoms with Crippen molar-refractivity contribution >= 4 is 17.7 Å². The zero-order valence-electron chi connectivity index (χ0n) is 13.6. The second kappa shape index (κ2) is 9.75. The first kappa shape index (κ1) is 18.0. The molecule has 6 nitrogen and oxygen atoms in total. The van der Waals surface area contributed by atoms with Crippen LogP contribution in [0.3, 0.4) is 0 Å². The first-order valence-electron chi connectivity index (χ1n) is 7.95. The Bertz CT molecular complexity index is 489. The molecule has 0 bridgehead atoms. The Labute approximate surface area is 141 Å². The number of amides is 1. The fourth-order valence-corrected chi connectivity index (χ4v) is 3.32. The van der Waals surface area contributed by atoms with Crippen LogP contribution in [0, 0.1) is 0 Å². The fourth-order valence-electron chi connectivity index (χ4n) is 2.23. The maximum absolute atomic E-state index is 12.4. The van der Waals surface area contributed by atoms with Crippen LogP contribution in [0.5, 0.6) is 5.88 Å². The minimum atomic E-state index is -0.443. The van der Waals surface area contributed by atoms with Gasteiger partial charge in [-0.25, -0.2) is 4.98 Å². The van der Waals surface area contributed by atoms with Gasteiger partial charge in [-0.05, 0) is 38.2 Å². The molecule has 1 aromatic heterocycles. The van der Waals surface area contributed by atoms with Crippen LogP contribution in [0.2, 0.25) is 0 Å². The Morgan fingerprint density at radius 3 is 2.87 bits per heavy atom. The number of aromatic nitrogens is 1. The van der Waals surface area contributed by atoms with Crippen LogP contribution in [0.15, 0.2) is 18.3 Å². The average molecular weight is 340 g/mol. The SMILES string of the molecule is CCOC(CNC(=O)c1cccnc1O[C@@H]1CCSC1)OCC. The van der Waals surface area contributed by atoms with Gasteiger partial charge in [0.2, 0.25) is 5.88 Å². The summed E-state index contributed by atoms with van der Waals surface area (Å²) < 4.78 is 16.7. The van der Waals surface area contributed by atoms with Crippen LogP contribution in [0.1, 0.15) is 30.6 Å². The van der Waals surface area contributed by atoms with Crippen LogP contribution < -0.4 is 10.1 Å². The number of hydrogen-bond donors (Lipinski definition) is 1. The molecule has 23 heavy (non-hydrogen) atoms. The number of nitrogens with zero attached hydrogens (tertiary/aromatic N) is 1. The van der Waals surface area contributed by atoms with Crippen molar-refractivity contribution in [2.75, 3.05) is 31.3 Å². The average Bonchev–Trinajstić information content (AvgIpc) is 3.06. The number of hydrogen-bond acceptors (Lipinski definition) is 6. The molecule has 2 rings (SSSR count). The number of rotatable bonds is 9. The molecule has 1 aliphatic heterocycles. The van der Waals surface area contributed by atoms with E-state index in [1.807, 2.05) is 25.6 Å². The molecule has 1 N–H and O–H groups in total. The zero-order chi connectivity index (χ0) is 16.5. The molecule has 0 spiro atoms. The standard InChI is InChI=1S/C16H24N2O4S/c1-3-20-14(21-4-2)10-18-15(19)13-6-5-8-17-16(13)22-12-7-9-23-11-12/h5-6,8,12,14H,3-4,7,9-11H2,1-2H3,(H,18,19)/t12-/m1/s1. The van der Waals surface area contributed by atoms with Crippen molar-refractivity contribution < 1.29 is 19.0 Å². The van der Waals surface area contributed by atoms with E-state index in [0.717, 1.165) is 17.9 Å². The number of thioether (sulfide) groups is 1. The fraction of sp³-hybridized carbons (Fsp3) is 0.625. The van der Waals surface area contributed by atoms with Crippen molar-refractivity contribution in [2.24, 2.45) is 0 Å². The van der Waals surface area contributed by atoms with Gasteiger partial charge in [-0.2, -0.15) is 11.8 Å². The molecular formula is C16H24N2O4S. The van der Waals surface area contributed by atoms with Crippen LogP contribution in [-0.2, 0) is 9.47 Å². The highest BCUT2D eigenvalue weighted by Gasteiger charge is 2.21. The number of carbonyl (C=O) groups excluding carboxylic acids is 1. The monoisotopic (exact) mass is 340 g/mol. The Kier molecular flexibility index (Phi) is 7.64. The summed E-state index contributed by atoms with van der Waals surface area (Å²) in [6.07, 6.45) is 2.30. The molecule has 1 aliphatic rings.